The van der Waals surface area contributed by atoms with Crippen LogP contribution in [0.5, 0.6) is 0 Å². The van der Waals surface area contributed by atoms with Gasteiger partial charge < -0.3 is 10.0 Å². The van der Waals surface area contributed by atoms with E-state index in [-0.39, 0.29) is 11.9 Å². The van der Waals surface area contributed by atoms with Crippen molar-refractivity contribution in [3.63, 3.8) is 0 Å². The highest BCUT2D eigenvalue weighted by Gasteiger charge is 2.20. The number of benzene rings is 1. The lowest BCUT2D eigenvalue weighted by Crippen LogP contribution is -2.37. The van der Waals surface area contributed by atoms with E-state index in [1.165, 1.54) is 0 Å². The van der Waals surface area contributed by atoms with Gasteiger partial charge in [-0.1, -0.05) is 18.8 Å². The number of hydrogen-bond donors (Lipinski definition) is 1. The summed E-state index contributed by atoms with van der Waals surface area (Å²) in [6.45, 7) is 7.97. The molecule has 1 N–H and O–H groups in total. The molecular weight excluding hydrogens is 324 g/mol. The molecule has 0 spiro atoms. The van der Waals surface area contributed by atoms with Crippen molar-refractivity contribution in [1.82, 2.24) is 9.88 Å². The third-order valence-electron chi connectivity index (χ3n) is 4.13. The first-order chi connectivity index (χ1) is 12.3. The highest BCUT2D eigenvalue weighted by atomic mass is 16.3. The molecule has 0 bridgehead atoms. The maximum atomic E-state index is 13.0. The SMILES string of the molecule is CCC(C)N(Cc1ccncc1)C(=O)c1ccc(C#CC(C)(C)O)cc1. The van der Waals surface area contributed by atoms with Crippen LogP contribution in [0.4, 0.5) is 0 Å². The van der Waals surface area contributed by atoms with Crippen LogP contribution in [0.25, 0.3) is 0 Å². The molecule has 2 aromatic rings. The maximum Gasteiger partial charge on any atom is 0.254 e. The fraction of sp³-hybridized carbons (Fsp3) is 0.364. The minimum absolute atomic E-state index is 0.00170. The number of amides is 1. The smallest absolute Gasteiger partial charge is 0.254 e. The molecule has 136 valence electrons. The Bertz CT molecular complexity index is 781. The largest absolute Gasteiger partial charge is 0.378 e. The van der Waals surface area contributed by atoms with Crippen LogP contribution >= 0.6 is 0 Å². The van der Waals surface area contributed by atoms with Gasteiger partial charge in [-0.25, -0.2) is 0 Å². The van der Waals surface area contributed by atoms with Gasteiger partial charge in [0.15, 0.2) is 0 Å². The average Bonchev–Trinajstić information content (AvgIpc) is 2.64. The predicted molar refractivity (Wildman–Crippen MR) is 103 cm³/mol. The molecule has 1 aromatic carbocycles. The van der Waals surface area contributed by atoms with E-state index in [0.29, 0.717) is 12.1 Å². The van der Waals surface area contributed by atoms with Crippen LogP contribution in [0.2, 0.25) is 0 Å². The lowest BCUT2D eigenvalue weighted by atomic mass is 10.1. The average molecular weight is 350 g/mol. The van der Waals surface area contributed by atoms with Crippen molar-refractivity contribution in [2.75, 3.05) is 0 Å². The van der Waals surface area contributed by atoms with Crippen LogP contribution in [0, 0.1) is 11.8 Å². The molecule has 1 atom stereocenters. The number of hydrogen-bond acceptors (Lipinski definition) is 3. The van der Waals surface area contributed by atoms with Gasteiger partial charge in [-0.15, -0.1) is 0 Å². The van der Waals surface area contributed by atoms with E-state index < -0.39 is 5.60 Å². The number of aliphatic hydroxyl groups is 1. The number of rotatable bonds is 5. The molecule has 26 heavy (non-hydrogen) atoms. The molecule has 0 saturated heterocycles. The van der Waals surface area contributed by atoms with E-state index in [1.54, 1.807) is 38.4 Å². The molecule has 0 aliphatic heterocycles. The van der Waals surface area contributed by atoms with E-state index in [9.17, 15) is 9.90 Å². The number of pyridine rings is 1. The normalized spacial score (nSPS) is 12.0. The third-order valence-corrected chi connectivity index (χ3v) is 4.13. The van der Waals surface area contributed by atoms with Gasteiger partial charge >= 0.3 is 0 Å². The molecule has 0 radical (unpaired) electrons. The first kappa shape index (κ1) is 19.7. The van der Waals surface area contributed by atoms with Gasteiger partial charge in [-0.3, -0.25) is 9.78 Å². The van der Waals surface area contributed by atoms with Gasteiger partial charge in [0.2, 0.25) is 0 Å². The summed E-state index contributed by atoms with van der Waals surface area (Å²) in [7, 11) is 0. The van der Waals surface area contributed by atoms with Crippen LogP contribution in [0.3, 0.4) is 0 Å². The van der Waals surface area contributed by atoms with Crippen LogP contribution < -0.4 is 0 Å². The quantitative estimate of drug-likeness (QED) is 0.838. The predicted octanol–water partition coefficient (Wildman–Crippen LogP) is 3.64. The van der Waals surface area contributed by atoms with Crippen molar-refractivity contribution in [3.05, 3.63) is 65.5 Å². The maximum absolute atomic E-state index is 13.0. The standard InChI is InChI=1S/C22H26N2O2/c1-5-17(2)24(16-19-11-14-23-15-12-19)21(25)20-8-6-18(7-9-20)10-13-22(3,4)26/h6-9,11-12,14-15,17,26H,5,16H2,1-4H3. The highest BCUT2D eigenvalue weighted by molar-refractivity contribution is 5.94. The Morgan fingerprint density at radius 2 is 1.81 bits per heavy atom. The first-order valence-corrected chi connectivity index (χ1v) is 8.85. The minimum Gasteiger partial charge on any atom is -0.378 e. The van der Waals surface area contributed by atoms with Gasteiger partial charge in [0.05, 0.1) is 0 Å². The summed E-state index contributed by atoms with van der Waals surface area (Å²) in [5, 5.41) is 9.68. The van der Waals surface area contributed by atoms with Gasteiger partial charge in [-0.05, 0) is 69.2 Å². The highest BCUT2D eigenvalue weighted by Crippen LogP contribution is 2.16. The summed E-state index contributed by atoms with van der Waals surface area (Å²) in [6, 6.07) is 11.2. The second-order valence-electron chi connectivity index (χ2n) is 6.93. The fourth-order valence-corrected chi connectivity index (χ4v) is 2.42. The Kier molecular flexibility index (Phi) is 6.54. The summed E-state index contributed by atoms with van der Waals surface area (Å²) >= 11 is 0. The Labute approximate surface area is 155 Å². The van der Waals surface area contributed by atoms with E-state index in [4.69, 9.17) is 0 Å². The molecule has 4 heteroatoms. The fourth-order valence-electron chi connectivity index (χ4n) is 2.42. The lowest BCUT2D eigenvalue weighted by molar-refractivity contribution is 0.0671. The molecular formula is C22H26N2O2. The lowest BCUT2D eigenvalue weighted by Gasteiger charge is -2.29. The molecule has 1 heterocycles. The van der Waals surface area contributed by atoms with Gasteiger partial charge in [0, 0.05) is 36.1 Å². The van der Waals surface area contributed by atoms with Crippen molar-refractivity contribution in [3.8, 4) is 11.8 Å². The number of carbonyl (C=O) groups excluding carboxylic acids is 1. The van der Waals surface area contributed by atoms with Gasteiger partial charge in [0.1, 0.15) is 5.60 Å². The van der Waals surface area contributed by atoms with Crippen molar-refractivity contribution in [1.29, 1.82) is 0 Å². The monoisotopic (exact) mass is 350 g/mol. The van der Waals surface area contributed by atoms with Crippen LogP contribution in [-0.4, -0.2) is 32.5 Å². The molecule has 2 rings (SSSR count). The minimum atomic E-state index is -1.04. The molecule has 4 nitrogen and oxygen atoms in total. The second kappa shape index (κ2) is 8.64. The van der Waals surface area contributed by atoms with Gasteiger partial charge in [0.25, 0.3) is 5.91 Å². The Morgan fingerprint density at radius 3 is 2.35 bits per heavy atom. The van der Waals surface area contributed by atoms with Crippen molar-refractivity contribution < 1.29 is 9.90 Å². The number of carbonyl (C=O) groups is 1. The van der Waals surface area contributed by atoms with E-state index >= 15 is 0 Å². The summed E-state index contributed by atoms with van der Waals surface area (Å²) in [6.07, 6.45) is 4.36. The van der Waals surface area contributed by atoms with E-state index in [0.717, 1.165) is 17.5 Å². The molecule has 0 fully saturated rings. The zero-order valence-electron chi connectivity index (χ0n) is 15.9. The number of aromatic nitrogens is 1. The summed E-state index contributed by atoms with van der Waals surface area (Å²) in [5.41, 5.74) is 1.43. The second-order valence-corrected chi connectivity index (χ2v) is 6.93. The summed E-state index contributed by atoms with van der Waals surface area (Å²) in [5.74, 6) is 5.69. The van der Waals surface area contributed by atoms with Crippen molar-refractivity contribution in [2.45, 2.75) is 52.3 Å². The Balaban J connectivity index is 2.20. The third kappa shape index (κ3) is 5.72. The molecule has 0 aliphatic carbocycles. The summed E-state index contributed by atoms with van der Waals surface area (Å²) in [4.78, 5) is 18.9. The van der Waals surface area contributed by atoms with Gasteiger partial charge in [-0.2, -0.15) is 0 Å². The van der Waals surface area contributed by atoms with Crippen LogP contribution in [0.1, 0.15) is 55.6 Å². The van der Waals surface area contributed by atoms with Crippen molar-refractivity contribution >= 4 is 5.91 Å². The molecule has 0 aliphatic rings. The Hall–Kier alpha value is -2.64. The molecule has 1 amide bonds. The molecule has 1 aromatic heterocycles. The Morgan fingerprint density at radius 1 is 1.19 bits per heavy atom. The zero-order chi connectivity index (χ0) is 19.2. The van der Waals surface area contributed by atoms with Crippen LogP contribution in [-0.2, 0) is 6.54 Å². The molecule has 0 saturated carbocycles. The zero-order valence-corrected chi connectivity index (χ0v) is 15.9. The topological polar surface area (TPSA) is 53.4 Å². The molecule has 1 unspecified atom stereocenters. The van der Waals surface area contributed by atoms with E-state index in [1.807, 2.05) is 29.2 Å². The summed E-state index contributed by atoms with van der Waals surface area (Å²) < 4.78 is 0. The van der Waals surface area contributed by atoms with E-state index in [2.05, 4.69) is 30.7 Å². The van der Waals surface area contributed by atoms with Crippen molar-refractivity contribution in [2.24, 2.45) is 0 Å². The van der Waals surface area contributed by atoms with Crippen LogP contribution in [0.15, 0.2) is 48.8 Å². The number of nitrogens with zero attached hydrogens (tertiary/aromatic N) is 2. The first-order valence-electron chi connectivity index (χ1n) is 8.85.